The first-order valence-electron chi connectivity index (χ1n) is 18.7. The number of anilines is 1. The van der Waals surface area contributed by atoms with E-state index in [2.05, 4.69) is 10.3 Å². The van der Waals surface area contributed by atoms with Gasteiger partial charge in [0.25, 0.3) is 0 Å². The van der Waals surface area contributed by atoms with Crippen LogP contribution in [0.2, 0.25) is 0 Å². The van der Waals surface area contributed by atoms with Crippen molar-refractivity contribution in [1.82, 2.24) is 9.55 Å². The Morgan fingerprint density at radius 1 is 0.948 bits per heavy atom. The molecule has 1 aliphatic heterocycles. The van der Waals surface area contributed by atoms with Crippen LogP contribution in [0.25, 0.3) is 0 Å². The Morgan fingerprint density at radius 2 is 1.55 bits per heavy atom. The molecule has 58 heavy (non-hydrogen) atoms. The first-order valence-corrected chi connectivity index (χ1v) is 20.4. The molecule has 0 radical (unpaired) electrons. The number of aromatic nitrogens is 3. The van der Waals surface area contributed by atoms with Crippen LogP contribution in [0, 0.1) is 11.1 Å². The average Bonchev–Trinajstić information content (AvgIpc) is 3.64. The predicted molar refractivity (Wildman–Crippen MR) is 214 cm³/mol. The zero-order valence-corrected chi connectivity index (χ0v) is 33.7. The molecule has 16 heteroatoms. The molecule has 5 aromatic rings. The van der Waals surface area contributed by atoms with E-state index in [0.717, 1.165) is 16.7 Å². The van der Waals surface area contributed by atoms with Crippen LogP contribution < -0.4 is 29.9 Å². The summed E-state index contributed by atoms with van der Waals surface area (Å²) in [5, 5.41) is 15.0. The Morgan fingerprint density at radius 3 is 2.12 bits per heavy atom. The summed E-state index contributed by atoms with van der Waals surface area (Å²) in [4.78, 5) is 41.0. The smallest absolute Gasteiger partial charge is 0.351 e. The van der Waals surface area contributed by atoms with Crippen molar-refractivity contribution in [1.29, 1.82) is 0 Å². The van der Waals surface area contributed by atoms with E-state index in [4.69, 9.17) is 28.2 Å². The number of benzene rings is 3. The summed E-state index contributed by atoms with van der Waals surface area (Å²) in [6.45, 7) is 3.01. The van der Waals surface area contributed by atoms with Crippen molar-refractivity contribution in [3.05, 3.63) is 148 Å². The van der Waals surface area contributed by atoms with E-state index in [9.17, 15) is 24.3 Å². The average molecular weight is 815 g/mol. The minimum absolute atomic E-state index is 0.0365. The summed E-state index contributed by atoms with van der Waals surface area (Å²) in [7, 11) is 0.279. The van der Waals surface area contributed by atoms with Gasteiger partial charge in [0.2, 0.25) is 11.6 Å². The van der Waals surface area contributed by atoms with Crippen LogP contribution in [0.4, 0.5) is 5.82 Å². The largest absolute Gasteiger partial charge is 0.618 e. The van der Waals surface area contributed by atoms with Crippen LogP contribution in [0.1, 0.15) is 55.3 Å². The SMILES string of the molecule is COc1ccc(C(O[C@H]2C[C@H](n3ccc(NC(=O)C(C)C)nc3=O)O[C@@H]2CCP(=O)(O)OCc2cc(OC)cc[n+]2[O-])(c2ccccc2)c2ccc(OC)cc2)cc1. The quantitative estimate of drug-likeness (QED) is 0.0488. The summed E-state index contributed by atoms with van der Waals surface area (Å²) >= 11 is 0. The maximum absolute atomic E-state index is 13.5. The third-order valence-corrected chi connectivity index (χ3v) is 11.3. The monoisotopic (exact) mass is 814 g/mol. The summed E-state index contributed by atoms with van der Waals surface area (Å²) < 4.78 is 50.9. The molecule has 1 aliphatic rings. The normalized spacial score (nSPS) is 17.7. The standard InChI is InChI=1S/C42H47N4O11P/c1-28(2)40(47)43-38-20-22-45(41(48)44-38)39-26-37(36(56-39)21-24-58(50,51)55-27-32-25-35(54-5)19-23-46(32)49)57-42(29-9-7-6-8-10-29,30-11-15-33(52-3)16-12-30)31-13-17-34(53-4)18-14-31/h6-20,22-23,25,28,36-37,39H,21,24,26-27H2,1-5H3,(H,50,51)(H,43,44,47,48)/t36-,37+,39-/m1/s1. The maximum Gasteiger partial charge on any atom is 0.351 e. The lowest BCUT2D eigenvalue weighted by molar-refractivity contribution is -0.616. The summed E-state index contributed by atoms with van der Waals surface area (Å²) in [6.07, 6.45) is -0.151. The fourth-order valence-corrected chi connectivity index (χ4v) is 7.79. The first-order chi connectivity index (χ1) is 27.8. The number of pyridine rings is 1. The van der Waals surface area contributed by atoms with E-state index in [1.54, 1.807) is 28.1 Å². The van der Waals surface area contributed by atoms with E-state index in [1.165, 1.54) is 42.3 Å². The number of amides is 1. The van der Waals surface area contributed by atoms with E-state index in [-0.39, 0.29) is 42.3 Å². The van der Waals surface area contributed by atoms with Crippen LogP contribution in [0.15, 0.2) is 114 Å². The molecule has 6 rings (SSSR count). The first kappa shape index (κ1) is 42.0. The van der Waals surface area contributed by atoms with Gasteiger partial charge in [-0.15, -0.1) is 0 Å². The Hall–Kier alpha value is -5.57. The third kappa shape index (κ3) is 9.58. The zero-order valence-electron chi connectivity index (χ0n) is 32.8. The molecular formula is C42H47N4O11P. The number of hydrogen-bond donors (Lipinski definition) is 2. The van der Waals surface area contributed by atoms with Crippen LogP contribution in [0.5, 0.6) is 17.2 Å². The molecule has 0 spiro atoms. The molecule has 4 atom stereocenters. The number of nitrogens with one attached hydrogen (secondary N) is 1. The highest BCUT2D eigenvalue weighted by Crippen LogP contribution is 2.48. The lowest BCUT2D eigenvalue weighted by Crippen LogP contribution is -2.40. The molecule has 0 aliphatic carbocycles. The molecule has 306 valence electrons. The van der Waals surface area contributed by atoms with Crippen molar-refractivity contribution >= 4 is 19.3 Å². The molecule has 1 amide bonds. The van der Waals surface area contributed by atoms with Crippen LogP contribution >= 0.6 is 7.60 Å². The van der Waals surface area contributed by atoms with Crippen molar-refractivity contribution in [3.8, 4) is 17.2 Å². The maximum atomic E-state index is 13.5. The highest BCUT2D eigenvalue weighted by Gasteiger charge is 2.47. The number of carbonyl (C=O) groups is 1. The van der Waals surface area contributed by atoms with Gasteiger partial charge in [-0.2, -0.15) is 9.71 Å². The second-order valence-corrected chi connectivity index (χ2v) is 16.0. The lowest BCUT2D eigenvalue weighted by Gasteiger charge is -2.39. The van der Waals surface area contributed by atoms with Gasteiger partial charge in [-0.25, -0.2) is 4.79 Å². The van der Waals surface area contributed by atoms with Gasteiger partial charge in [0.05, 0.1) is 45.8 Å². The minimum atomic E-state index is -4.33. The van der Waals surface area contributed by atoms with Gasteiger partial charge < -0.3 is 39.1 Å². The fraction of sp³-hybridized carbons (Fsp3) is 0.333. The van der Waals surface area contributed by atoms with Crippen molar-refractivity contribution in [3.63, 3.8) is 0 Å². The highest BCUT2D eigenvalue weighted by atomic mass is 31.2. The topological polar surface area (TPSA) is 184 Å². The Kier molecular flexibility index (Phi) is 13.3. The van der Waals surface area contributed by atoms with Crippen molar-refractivity contribution in [2.45, 2.75) is 57.3 Å². The molecule has 2 aromatic heterocycles. The van der Waals surface area contributed by atoms with Gasteiger partial charge in [-0.1, -0.05) is 68.4 Å². The molecule has 1 saturated heterocycles. The zero-order chi connectivity index (χ0) is 41.5. The number of methoxy groups -OCH3 is 3. The van der Waals surface area contributed by atoms with Gasteiger partial charge in [0.15, 0.2) is 6.20 Å². The third-order valence-electron chi connectivity index (χ3n) is 9.91. The second-order valence-electron chi connectivity index (χ2n) is 14.0. The molecule has 1 unspecified atom stereocenters. The number of ether oxygens (including phenoxy) is 5. The Balaban J connectivity index is 1.38. The molecule has 2 N–H and O–H groups in total. The summed E-state index contributed by atoms with van der Waals surface area (Å²) in [5.74, 6) is 1.13. The van der Waals surface area contributed by atoms with Crippen LogP contribution in [0.3, 0.4) is 0 Å². The molecule has 0 bridgehead atoms. The fourth-order valence-electron chi connectivity index (χ4n) is 6.75. The summed E-state index contributed by atoms with van der Waals surface area (Å²) in [6, 6.07) is 29.0. The van der Waals surface area contributed by atoms with Crippen LogP contribution in [-0.4, -0.2) is 60.1 Å². The summed E-state index contributed by atoms with van der Waals surface area (Å²) in [5.41, 5.74) is 0.386. The van der Waals surface area contributed by atoms with E-state index >= 15 is 0 Å². The van der Waals surface area contributed by atoms with E-state index < -0.39 is 43.9 Å². The molecule has 3 heterocycles. The minimum Gasteiger partial charge on any atom is -0.618 e. The number of rotatable bonds is 17. The van der Waals surface area contributed by atoms with Gasteiger partial charge >= 0.3 is 13.3 Å². The van der Waals surface area contributed by atoms with Crippen molar-refractivity contribution < 1.29 is 47.2 Å². The molecule has 0 saturated carbocycles. The molecule has 15 nitrogen and oxygen atoms in total. The van der Waals surface area contributed by atoms with Crippen LogP contribution in [-0.2, 0) is 35.6 Å². The van der Waals surface area contributed by atoms with Gasteiger partial charge in [0, 0.05) is 24.6 Å². The highest BCUT2D eigenvalue weighted by molar-refractivity contribution is 7.52. The molecular weight excluding hydrogens is 767 g/mol. The Bertz CT molecular complexity index is 2220. The predicted octanol–water partition coefficient (Wildman–Crippen LogP) is 5.95. The van der Waals surface area contributed by atoms with Crippen molar-refractivity contribution in [2.24, 2.45) is 5.92 Å². The van der Waals surface area contributed by atoms with Crippen molar-refractivity contribution in [2.75, 3.05) is 32.8 Å². The van der Waals surface area contributed by atoms with Gasteiger partial charge in [-0.3, -0.25) is 18.5 Å². The second kappa shape index (κ2) is 18.3. The van der Waals surface area contributed by atoms with Gasteiger partial charge in [-0.05, 0) is 53.4 Å². The molecule has 3 aromatic carbocycles. The Labute approximate surface area is 336 Å². The van der Waals surface area contributed by atoms with E-state index in [1.807, 2.05) is 78.9 Å². The van der Waals surface area contributed by atoms with Gasteiger partial charge in [0.1, 0.15) is 41.5 Å². The number of nitrogens with zero attached hydrogens (tertiary/aromatic N) is 3. The van der Waals surface area contributed by atoms with E-state index in [0.29, 0.717) is 22.0 Å². The molecule has 1 fully saturated rings. The number of carbonyl (C=O) groups excluding carboxylic acids is 1. The lowest BCUT2D eigenvalue weighted by atomic mass is 9.79. The number of hydrogen-bond acceptors (Lipinski definition) is 11.